The number of carbonyl (C=O) groups is 1. The van der Waals surface area contributed by atoms with E-state index in [2.05, 4.69) is 23.1 Å². The monoisotopic (exact) mass is 478 g/mol. The van der Waals surface area contributed by atoms with E-state index in [0.29, 0.717) is 24.6 Å². The van der Waals surface area contributed by atoms with Gasteiger partial charge in [-0.25, -0.2) is 4.99 Å². The predicted octanol–water partition coefficient (Wildman–Crippen LogP) is 5.60. The summed E-state index contributed by atoms with van der Waals surface area (Å²) in [4.78, 5) is 24.9. The highest BCUT2D eigenvalue weighted by molar-refractivity contribution is 5.95. The maximum absolute atomic E-state index is 12.7. The van der Waals surface area contributed by atoms with Gasteiger partial charge in [-0.2, -0.15) is 0 Å². The van der Waals surface area contributed by atoms with Crippen LogP contribution in [0.25, 0.3) is 17.2 Å². The van der Waals surface area contributed by atoms with Gasteiger partial charge in [0.25, 0.3) is 5.91 Å². The highest BCUT2D eigenvalue weighted by atomic mass is 16.6. The molecule has 0 atom stereocenters. The second-order valence-corrected chi connectivity index (χ2v) is 9.15. The molecule has 0 unspecified atom stereocenters. The number of rotatable bonds is 7. The van der Waals surface area contributed by atoms with Gasteiger partial charge in [0.05, 0.1) is 18.0 Å². The lowest BCUT2D eigenvalue weighted by Gasteiger charge is -2.15. The van der Waals surface area contributed by atoms with Crippen molar-refractivity contribution in [2.24, 2.45) is 10.7 Å². The number of nitrogens with zero attached hydrogens (tertiary/aromatic N) is 2. The number of nitrogens with two attached hydrogens (primary N) is 1. The van der Waals surface area contributed by atoms with E-state index in [4.69, 9.17) is 10.6 Å². The van der Waals surface area contributed by atoms with Gasteiger partial charge in [-0.1, -0.05) is 61.2 Å². The van der Waals surface area contributed by atoms with Gasteiger partial charge in [-0.3, -0.25) is 15.1 Å². The minimum atomic E-state index is 0.109. The number of allylic oxidation sites excluding steroid dienone is 1. The van der Waals surface area contributed by atoms with Gasteiger partial charge in [-0.15, -0.1) is 0 Å². The van der Waals surface area contributed by atoms with Gasteiger partial charge in [0.1, 0.15) is 5.84 Å². The number of carbonyl (C=O) groups excluding carboxylic acids is 1. The first-order valence-electron chi connectivity index (χ1n) is 12.3. The van der Waals surface area contributed by atoms with Crippen LogP contribution in [0.15, 0.2) is 95.6 Å². The zero-order chi connectivity index (χ0) is 24.9. The third-order valence-corrected chi connectivity index (χ3v) is 6.52. The number of fused-ring (bicyclic) bond motifs is 1. The topological polar surface area (TPSA) is 80.0 Å². The van der Waals surface area contributed by atoms with Crippen molar-refractivity contribution >= 4 is 23.5 Å². The predicted molar refractivity (Wildman–Crippen MR) is 144 cm³/mol. The van der Waals surface area contributed by atoms with Crippen LogP contribution in [0.3, 0.4) is 0 Å². The Balaban J connectivity index is 1.30. The normalized spacial score (nSPS) is 14.9. The summed E-state index contributed by atoms with van der Waals surface area (Å²) in [6.07, 6.45) is 4.69. The number of hydroxylamine groups is 1. The summed E-state index contributed by atoms with van der Waals surface area (Å²) in [5, 5.41) is 0. The molecule has 3 aromatic rings. The summed E-state index contributed by atoms with van der Waals surface area (Å²) in [7, 11) is 0. The van der Waals surface area contributed by atoms with Crippen LogP contribution >= 0.6 is 0 Å². The zero-order valence-electron chi connectivity index (χ0n) is 20.2. The largest absolute Gasteiger partial charge is 0.387 e. The molecular formula is C30H30N4O2. The van der Waals surface area contributed by atoms with Crippen molar-refractivity contribution in [2.45, 2.75) is 25.9 Å². The van der Waals surface area contributed by atoms with E-state index in [1.54, 1.807) is 0 Å². The van der Waals surface area contributed by atoms with Gasteiger partial charge in [0, 0.05) is 30.6 Å². The van der Waals surface area contributed by atoms with Crippen molar-refractivity contribution < 1.29 is 9.63 Å². The molecule has 1 amide bonds. The minimum absolute atomic E-state index is 0.109. The van der Waals surface area contributed by atoms with Gasteiger partial charge in [-0.05, 0) is 59.4 Å². The fourth-order valence-electron chi connectivity index (χ4n) is 4.52. The number of amides is 1. The lowest BCUT2D eigenvalue weighted by atomic mass is 9.99. The number of hydrogen-bond acceptors (Lipinski definition) is 5. The molecular weight excluding hydrogens is 448 g/mol. The van der Waals surface area contributed by atoms with Crippen LogP contribution in [-0.4, -0.2) is 29.7 Å². The number of amidine groups is 1. The summed E-state index contributed by atoms with van der Waals surface area (Å²) in [5.74, 6) is 0.618. The maximum atomic E-state index is 12.7. The van der Waals surface area contributed by atoms with E-state index in [1.165, 1.54) is 0 Å². The number of likely N-dealkylation sites (tertiary alicyclic amines) is 1. The molecule has 0 bridgehead atoms. The van der Waals surface area contributed by atoms with Gasteiger partial charge >= 0.3 is 0 Å². The smallest absolute Gasteiger partial charge is 0.253 e. The van der Waals surface area contributed by atoms with E-state index in [1.807, 2.05) is 77.7 Å². The number of aliphatic imine (C=N–C) groups is 1. The Bertz CT molecular complexity index is 1320. The molecule has 2 aliphatic heterocycles. The molecule has 5 rings (SSSR count). The standard InChI is InChI=1S/C30H30N4O2/c1-21(33-36-20-22-7-3-2-4-8-22)27-17-26-14-13-25(18-28(26)32-29(31)19-27)23-9-11-24(12-10-23)30(35)34-15-5-6-16-34/h2-4,7-14,17-18,33H,1,5-6,15-16,19-20H2,(H2,31,32). The molecule has 1 saturated heterocycles. The van der Waals surface area contributed by atoms with E-state index in [-0.39, 0.29) is 5.91 Å². The molecule has 36 heavy (non-hydrogen) atoms. The molecule has 2 aliphatic rings. The van der Waals surface area contributed by atoms with Crippen LogP contribution in [-0.2, 0) is 11.4 Å². The highest BCUT2D eigenvalue weighted by Crippen LogP contribution is 2.33. The Labute approximate surface area is 211 Å². The lowest BCUT2D eigenvalue weighted by molar-refractivity contribution is 0.0510. The maximum Gasteiger partial charge on any atom is 0.253 e. The van der Waals surface area contributed by atoms with Crippen LogP contribution in [0.2, 0.25) is 0 Å². The lowest BCUT2D eigenvalue weighted by Crippen LogP contribution is -2.27. The van der Waals surface area contributed by atoms with Crippen molar-refractivity contribution in [3.05, 3.63) is 107 Å². The first kappa shape index (κ1) is 23.6. The minimum Gasteiger partial charge on any atom is -0.387 e. The average Bonchev–Trinajstić information content (AvgIpc) is 3.38. The molecule has 0 radical (unpaired) electrons. The van der Waals surface area contributed by atoms with E-state index >= 15 is 0 Å². The Morgan fingerprint density at radius 3 is 2.47 bits per heavy atom. The summed E-state index contributed by atoms with van der Waals surface area (Å²) < 4.78 is 0. The molecule has 2 heterocycles. The summed E-state index contributed by atoms with van der Waals surface area (Å²) in [6.45, 7) is 6.26. The van der Waals surface area contributed by atoms with Crippen molar-refractivity contribution in [2.75, 3.05) is 13.1 Å². The van der Waals surface area contributed by atoms with Crippen LogP contribution in [0, 0.1) is 0 Å². The van der Waals surface area contributed by atoms with Crippen LogP contribution in [0.5, 0.6) is 0 Å². The second-order valence-electron chi connectivity index (χ2n) is 9.15. The van der Waals surface area contributed by atoms with Gasteiger partial charge < -0.3 is 10.6 Å². The Kier molecular flexibility index (Phi) is 6.96. The SMILES string of the molecule is C=C(NOCc1ccccc1)C1=Cc2ccc(-c3ccc(C(=O)N4CCCC4)cc3)cc2N=C(N)C1. The van der Waals surface area contributed by atoms with E-state index < -0.39 is 0 Å². The molecule has 1 fully saturated rings. The van der Waals surface area contributed by atoms with Crippen molar-refractivity contribution in [1.82, 2.24) is 10.4 Å². The molecule has 3 N–H and O–H groups in total. The molecule has 6 nitrogen and oxygen atoms in total. The summed E-state index contributed by atoms with van der Waals surface area (Å²) in [6, 6.07) is 23.9. The first-order chi connectivity index (χ1) is 17.6. The molecule has 0 spiro atoms. The molecule has 0 saturated carbocycles. The molecule has 3 aromatic carbocycles. The van der Waals surface area contributed by atoms with Gasteiger partial charge in [0.15, 0.2) is 0 Å². The Morgan fingerprint density at radius 2 is 1.72 bits per heavy atom. The summed E-state index contributed by atoms with van der Waals surface area (Å²) in [5.41, 5.74) is 16.4. The van der Waals surface area contributed by atoms with Crippen molar-refractivity contribution in [1.29, 1.82) is 0 Å². The molecule has 0 aromatic heterocycles. The van der Waals surface area contributed by atoms with Gasteiger partial charge in [0.2, 0.25) is 0 Å². The quantitative estimate of drug-likeness (QED) is 0.433. The fourth-order valence-corrected chi connectivity index (χ4v) is 4.52. The second kappa shape index (κ2) is 10.6. The molecule has 182 valence electrons. The number of benzene rings is 3. The van der Waals surface area contributed by atoms with Crippen LogP contribution < -0.4 is 11.2 Å². The van der Waals surface area contributed by atoms with Crippen LogP contribution in [0.4, 0.5) is 5.69 Å². The number of hydrogen-bond donors (Lipinski definition) is 2. The average molecular weight is 479 g/mol. The third kappa shape index (κ3) is 5.39. The van der Waals surface area contributed by atoms with Crippen molar-refractivity contribution in [3.8, 4) is 11.1 Å². The van der Waals surface area contributed by atoms with E-state index in [9.17, 15) is 4.79 Å². The molecule has 0 aliphatic carbocycles. The molecule has 6 heteroatoms. The third-order valence-electron chi connectivity index (χ3n) is 6.52. The Hall–Kier alpha value is -4.16. The van der Waals surface area contributed by atoms with E-state index in [0.717, 1.165) is 65.0 Å². The first-order valence-corrected chi connectivity index (χ1v) is 12.3. The Morgan fingerprint density at radius 1 is 1.00 bits per heavy atom. The zero-order valence-corrected chi connectivity index (χ0v) is 20.2. The fraction of sp³-hybridized carbons (Fsp3) is 0.200. The number of nitrogens with one attached hydrogen (secondary N) is 1. The summed E-state index contributed by atoms with van der Waals surface area (Å²) >= 11 is 0. The highest BCUT2D eigenvalue weighted by Gasteiger charge is 2.19. The van der Waals surface area contributed by atoms with Crippen molar-refractivity contribution in [3.63, 3.8) is 0 Å². The van der Waals surface area contributed by atoms with Crippen LogP contribution in [0.1, 0.15) is 40.7 Å².